The van der Waals surface area contributed by atoms with E-state index in [9.17, 15) is 4.39 Å². The molecule has 0 aliphatic rings. The summed E-state index contributed by atoms with van der Waals surface area (Å²) in [7, 11) is 0. The van der Waals surface area contributed by atoms with Gasteiger partial charge in [-0.15, -0.1) is 0 Å². The van der Waals surface area contributed by atoms with E-state index in [1.807, 2.05) is 6.92 Å². The van der Waals surface area contributed by atoms with Crippen molar-refractivity contribution in [2.45, 2.75) is 19.8 Å². The molecule has 0 radical (unpaired) electrons. The number of hydrogen-bond acceptors (Lipinski definition) is 5. The third-order valence-electron chi connectivity index (χ3n) is 2.19. The highest BCUT2D eigenvalue weighted by Crippen LogP contribution is 2.12. The topological polar surface area (TPSA) is 67.3 Å². The summed E-state index contributed by atoms with van der Waals surface area (Å²) in [6, 6.07) is 0. The summed E-state index contributed by atoms with van der Waals surface area (Å²) in [5.74, 6) is -0.148. The van der Waals surface area contributed by atoms with Crippen molar-refractivity contribution < 1.29 is 14.2 Å². The lowest BCUT2D eigenvalue weighted by Crippen LogP contribution is -2.11. The lowest BCUT2D eigenvalue weighted by Gasteiger charge is -2.08. The fourth-order valence-corrected chi connectivity index (χ4v) is 1.32. The highest BCUT2D eigenvalue weighted by molar-refractivity contribution is 5.36. The van der Waals surface area contributed by atoms with Crippen LogP contribution in [0.5, 0.6) is 0 Å². The maximum atomic E-state index is 13.7. The zero-order valence-electron chi connectivity index (χ0n) is 9.95. The first-order valence-corrected chi connectivity index (χ1v) is 5.71. The molecule has 96 valence electrons. The van der Waals surface area contributed by atoms with E-state index in [-0.39, 0.29) is 18.2 Å². The Kier molecular flexibility index (Phi) is 6.42. The molecule has 0 fully saturated rings. The summed E-state index contributed by atoms with van der Waals surface area (Å²) in [4.78, 5) is 7.69. The highest BCUT2D eigenvalue weighted by atomic mass is 19.1. The van der Waals surface area contributed by atoms with Gasteiger partial charge in [0.2, 0.25) is 0 Å². The second-order valence-electron chi connectivity index (χ2n) is 3.45. The Balaban J connectivity index is 2.31. The minimum atomic E-state index is -0.383. The Bertz CT molecular complexity index is 336. The van der Waals surface area contributed by atoms with Crippen molar-refractivity contribution in [3.05, 3.63) is 17.8 Å². The van der Waals surface area contributed by atoms with Gasteiger partial charge in [-0.05, 0) is 12.8 Å². The molecule has 0 saturated heterocycles. The van der Waals surface area contributed by atoms with Crippen molar-refractivity contribution in [3.63, 3.8) is 0 Å². The van der Waals surface area contributed by atoms with Gasteiger partial charge in [0.05, 0.1) is 18.9 Å². The Labute approximate surface area is 100 Å². The molecule has 0 aliphatic carbocycles. The normalized spacial score (nSPS) is 10.5. The summed E-state index contributed by atoms with van der Waals surface area (Å²) < 4.78 is 18.7. The molecule has 0 atom stereocenters. The predicted octanol–water partition coefficient (Wildman–Crippen LogP) is 0.989. The van der Waals surface area contributed by atoms with Crippen LogP contribution < -0.4 is 5.32 Å². The van der Waals surface area contributed by atoms with Crippen molar-refractivity contribution in [3.8, 4) is 0 Å². The molecular weight excluding hydrogens is 225 g/mol. The van der Waals surface area contributed by atoms with Crippen LogP contribution in [0.2, 0.25) is 0 Å². The number of rotatable bonds is 8. The molecule has 1 aromatic rings. The van der Waals surface area contributed by atoms with E-state index in [4.69, 9.17) is 9.84 Å². The highest BCUT2D eigenvalue weighted by Gasteiger charge is 2.08. The standard InChI is InChI=1S/C11H18FN3O2/c1-2-9-10(12)11(15-8-14-9)13-4-3-6-17-7-5-16/h8,16H,2-7H2,1H3,(H,13,14,15). The van der Waals surface area contributed by atoms with Crippen LogP contribution in [0.25, 0.3) is 0 Å². The second kappa shape index (κ2) is 7.92. The molecule has 17 heavy (non-hydrogen) atoms. The third kappa shape index (κ3) is 4.62. The molecule has 0 bridgehead atoms. The van der Waals surface area contributed by atoms with Gasteiger partial charge >= 0.3 is 0 Å². The average Bonchev–Trinajstić information content (AvgIpc) is 2.35. The van der Waals surface area contributed by atoms with E-state index in [1.54, 1.807) is 0 Å². The number of aliphatic hydroxyl groups is 1. The molecule has 1 aromatic heterocycles. The predicted molar refractivity (Wildman–Crippen MR) is 62.4 cm³/mol. The molecule has 1 heterocycles. The molecule has 1 rings (SSSR count). The molecule has 5 nitrogen and oxygen atoms in total. The Hall–Kier alpha value is -1.27. The first-order chi connectivity index (χ1) is 8.29. The van der Waals surface area contributed by atoms with Crippen molar-refractivity contribution in [2.75, 3.05) is 31.7 Å². The molecule has 0 aromatic carbocycles. The molecular formula is C11H18FN3O2. The monoisotopic (exact) mass is 243 g/mol. The van der Waals surface area contributed by atoms with Crippen LogP contribution in [-0.2, 0) is 11.2 Å². The van der Waals surface area contributed by atoms with E-state index >= 15 is 0 Å². The Morgan fingerprint density at radius 2 is 2.24 bits per heavy atom. The molecule has 0 saturated carbocycles. The molecule has 0 aliphatic heterocycles. The van der Waals surface area contributed by atoms with Crippen LogP contribution in [0, 0.1) is 5.82 Å². The van der Waals surface area contributed by atoms with Gasteiger partial charge in [0, 0.05) is 13.2 Å². The minimum Gasteiger partial charge on any atom is -0.394 e. The fraction of sp³-hybridized carbons (Fsp3) is 0.636. The number of aliphatic hydroxyl groups excluding tert-OH is 1. The number of aryl methyl sites for hydroxylation is 1. The number of halogens is 1. The van der Waals surface area contributed by atoms with Gasteiger partial charge in [-0.3, -0.25) is 0 Å². The summed E-state index contributed by atoms with van der Waals surface area (Å²) in [6.07, 6.45) is 2.63. The number of hydrogen-bond donors (Lipinski definition) is 2. The van der Waals surface area contributed by atoms with Gasteiger partial charge in [-0.1, -0.05) is 6.92 Å². The van der Waals surface area contributed by atoms with Gasteiger partial charge in [-0.25, -0.2) is 14.4 Å². The van der Waals surface area contributed by atoms with Gasteiger partial charge in [0.25, 0.3) is 0 Å². The van der Waals surface area contributed by atoms with Crippen LogP contribution in [0.3, 0.4) is 0 Å². The number of nitrogens with zero attached hydrogens (tertiary/aromatic N) is 2. The van der Waals surface area contributed by atoms with E-state index in [2.05, 4.69) is 15.3 Å². The molecule has 0 unspecified atom stereocenters. The van der Waals surface area contributed by atoms with Crippen molar-refractivity contribution >= 4 is 5.82 Å². The largest absolute Gasteiger partial charge is 0.394 e. The number of aromatic nitrogens is 2. The summed E-state index contributed by atoms with van der Waals surface area (Å²) in [5.41, 5.74) is 0.416. The maximum Gasteiger partial charge on any atom is 0.186 e. The Morgan fingerprint density at radius 3 is 2.94 bits per heavy atom. The first kappa shape index (κ1) is 13.8. The fourth-order valence-electron chi connectivity index (χ4n) is 1.32. The van der Waals surface area contributed by atoms with Gasteiger partial charge in [0.15, 0.2) is 11.6 Å². The summed E-state index contributed by atoms with van der Waals surface area (Å²) >= 11 is 0. The maximum absolute atomic E-state index is 13.7. The molecule has 2 N–H and O–H groups in total. The zero-order chi connectivity index (χ0) is 12.5. The average molecular weight is 243 g/mol. The quantitative estimate of drug-likeness (QED) is 0.666. The van der Waals surface area contributed by atoms with Crippen LogP contribution in [-0.4, -0.2) is 41.4 Å². The molecule has 6 heteroatoms. The third-order valence-corrected chi connectivity index (χ3v) is 2.19. The van der Waals surface area contributed by atoms with Gasteiger partial charge in [0.1, 0.15) is 6.33 Å². The number of nitrogens with one attached hydrogen (secondary N) is 1. The van der Waals surface area contributed by atoms with Gasteiger partial charge < -0.3 is 15.2 Å². The summed E-state index contributed by atoms with van der Waals surface area (Å²) in [5, 5.41) is 11.4. The van der Waals surface area contributed by atoms with E-state index in [0.29, 0.717) is 31.9 Å². The first-order valence-electron chi connectivity index (χ1n) is 5.71. The van der Waals surface area contributed by atoms with Crippen LogP contribution in [0.1, 0.15) is 19.0 Å². The van der Waals surface area contributed by atoms with Crippen molar-refractivity contribution in [2.24, 2.45) is 0 Å². The SMILES string of the molecule is CCc1ncnc(NCCCOCCO)c1F. The second-order valence-corrected chi connectivity index (χ2v) is 3.45. The zero-order valence-corrected chi connectivity index (χ0v) is 9.95. The lowest BCUT2D eigenvalue weighted by atomic mass is 10.3. The van der Waals surface area contributed by atoms with E-state index < -0.39 is 0 Å². The van der Waals surface area contributed by atoms with E-state index in [1.165, 1.54) is 6.33 Å². The van der Waals surface area contributed by atoms with Crippen molar-refractivity contribution in [1.29, 1.82) is 0 Å². The smallest absolute Gasteiger partial charge is 0.186 e. The molecule has 0 amide bonds. The summed E-state index contributed by atoms with van der Waals surface area (Å²) in [6.45, 7) is 3.30. The van der Waals surface area contributed by atoms with Crippen LogP contribution in [0.4, 0.5) is 10.2 Å². The van der Waals surface area contributed by atoms with Gasteiger partial charge in [-0.2, -0.15) is 0 Å². The number of anilines is 1. The minimum absolute atomic E-state index is 0.0217. The van der Waals surface area contributed by atoms with Crippen LogP contribution >= 0.6 is 0 Å². The lowest BCUT2D eigenvalue weighted by molar-refractivity contribution is 0.0921. The van der Waals surface area contributed by atoms with Crippen LogP contribution in [0.15, 0.2) is 6.33 Å². The van der Waals surface area contributed by atoms with E-state index in [0.717, 1.165) is 6.42 Å². The molecule has 0 spiro atoms. The Morgan fingerprint density at radius 1 is 1.41 bits per heavy atom. The number of ether oxygens (including phenoxy) is 1. The van der Waals surface area contributed by atoms with Crippen molar-refractivity contribution in [1.82, 2.24) is 9.97 Å².